The molecule has 14 heavy (non-hydrogen) atoms. The third kappa shape index (κ3) is 3.23. The van der Waals surface area contributed by atoms with Crippen molar-refractivity contribution >= 4 is 0 Å². The van der Waals surface area contributed by atoms with Crippen molar-refractivity contribution < 1.29 is 5.11 Å². The van der Waals surface area contributed by atoms with Gasteiger partial charge in [-0.05, 0) is 39.2 Å². The number of hydrogen-bond acceptors (Lipinski definition) is 3. The number of aliphatic hydroxyl groups is 1. The van der Waals surface area contributed by atoms with E-state index in [1.54, 1.807) is 0 Å². The highest BCUT2D eigenvalue weighted by atomic mass is 16.3. The van der Waals surface area contributed by atoms with E-state index in [2.05, 4.69) is 11.8 Å². The van der Waals surface area contributed by atoms with E-state index in [1.165, 1.54) is 12.8 Å². The standard InChI is InChI=1S/C11H24N2O/c1-9-5-4-6-13(10(9)7-12)8-11(2,3)14/h9-10,14H,4-8,12H2,1-3H3. The Morgan fingerprint density at radius 3 is 2.64 bits per heavy atom. The Hall–Kier alpha value is -0.120. The van der Waals surface area contributed by atoms with Crippen LogP contribution in [0.2, 0.25) is 0 Å². The second kappa shape index (κ2) is 4.60. The molecule has 2 unspecified atom stereocenters. The minimum absolute atomic E-state index is 0.454. The lowest BCUT2D eigenvalue weighted by Gasteiger charge is -2.41. The molecule has 1 rings (SSSR count). The first-order valence-corrected chi connectivity index (χ1v) is 5.60. The predicted molar refractivity (Wildman–Crippen MR) is 59.1 cm³/mol. The second-order valence-electron chi connectivity index (χ2n) is 5.21. The molecule has 0 aliphatic carbocycles. The van der Waals surface area contributed by atoms with Gasteiger partial charge in [0.25, 0.3) is 0 Å². The van der Waals surface area contributed by atoms with Gasteiger partial charge in [0.05, 0.1) is 5.60 Å². The maximum absolute atomic E-state index is 9.79. The Bertz CT molecular complexity index is 177. The normalized spacial score (nSPS) is 30.6. The molecule has 1 aliphatic rings. The van der Waals surface area contributed by atoms with Crippen molar-refractivity contribution in [2.45, 2.75) is 45.3 Å². The molecule has 1 aliphatic heterocycles. The van der Waals surface area contributed by atoms with Crippen molar-refractivity contribution in [2.24, 2.45) is 11.7 Å². The van der Waals surface area contributed by atoms with E-state index < -0.39 is 5.60 Å². The SMILES string of the molecule is CC1CCCN(CC(C)(C)O)C1CN. The van der Waals surface area contributed by atoms with Gasteiger partial charge < -0.3 is 10.8 Å². The van der Waals surface area contributed by atoms with Crippen LogP contribution in [-0.2, 0) is 0 Å². The second-order valence-corrected chi connectivity index (χ2v) is 5.21. The summed E-state index contributed by atoms with van der Waals surface area (Å²) in [5.41, 5.74) is 5.17. The minimum atomic E-state index is -0.607. The summed E-state index contributed by atoms with van der Waals surface area (Å²) in [4.78, 5) is 2.34. The number of rotatable bonds is 3. The fourth-order valence-electron chi connectivity index (χ4n) is 2.41. The lowest BCUT2D eigenvalue weighted by Crippen LogP contribution is -2.52. The van der Waals surface area contributed by atoms with Gasteiger partial charge >= 0.3 is 0 Å². The van der Waals surface area contributed by atoms with Gasteiger partial charge in [-0.1, -0.05) is 6.92 Å². The summed E-state index contributed by atoms with van der Waals surface area (Å²) in [5, 5.41) is 9.79. The zero-order valence-corrected chi connectivity index (χ0v) is 9.66. The Labute approximate surface area is 87.3 Å². The number of likely N-dealkylation sites (tertiary alicyclic amines) is 1. The van der Waals surface area contributed by atoms with Gasteiger partial charge in [-0.3, -0.25) is 4.90 Å². The topological polar surface area (TPSA) is 49.5 Å². The molecule has 2 atom stereocenters. The summed E-state index contributed by atoms with van der Waals surface area (Å²) in [7, 11) is 0. The van der Waals surface area contributed by atoms with Crippen LogP contribution >= 0.6 is 0 Å². The van der Waals surface area contributed by atoms with Crippen LogP contribution in [0.3, 0.4) is 0 Å². The molecule has 3 N–H and O–H groups in total. The van der Waals surface area contributed by atoms with Crippen molar-refractivity contribution in [3.05, 3.63) is 0 Å². The summed E-state index contributed by atoms with van der Waals surface area (Å²) >= 11 is 0. The fraction of sp³-hybridized carbons (Fsp3) is 1.00. The largest absolute Gasteiger partial charge is 0.389 e. The average Bonchev–Trinajstić information content (AvgIpc) is 2.01. The first-order valence-electron chi connectivity index (χ1n) is 5.60. The van der Waals surface area contributed by atoms with Crippen molar-refractivity contribution in [3.8, 4) is 0 Å². The van der Waals surface area contributed by atoms with E-state index in [9.17, 15) is 5.11 Å². The molecule has 1 saturated heterocycles. The zero-order valence-electron chi connectivity index (χ0n) is 9.66. The molecular formula is C11H24N2O. The van der Waals surface area contributed by atoms with Crippen LogP contribution < -0.4 is 5.73 Å². The maximum atomic E-state index is 9.79. The summed E-state index contributed by atoms with van der Waals surface area (Å²) in [6, 6.07) is 0.454. The van der Waals surface area contributed by atoms with Crippen molar-refractivity contribution in [1.82, 2.24) is 4.90 Å². The van der Waals surface area contributed by atoms with E-state index in [0.29, 0.717) is 18.5 Å². The van der Waals surface area contributed by atoms with E-state index in [1.807, 2.05) is 13.8 Å². The van der Waals surface area contributed by atoms with Gasteiger partial charge in [0.1, 0.15) is 0 Å². The number of hydrogen-bond donors (Lipinski definition) is 2. The Morgan fingerprint density at radius 1 is 1.50 bits per heavy atom. The molecule has 0 spiro atoms. The molecule has 3 heteroatoms. The van der Waals surface area contributed by atoms with Crippen LogP contribution in [0.25, 0.3) is 0 Å². The highest BCUT2D eigenvalue weighted by molar-refractivity contribution is 4.85. The van der Waals surface area contributed by atoms with Gasteiger partial charge in [-0.25, -0.2) is 0 Å². The van der Waals surface area contributed by atoms with Crippen LogP contribution in [0.1, 0.15) is 33.6 Å². The quantitative estimate of drug-likeness (QED) is 0.709. The molecular weight excluding hydrogens is 176 g/mol. The molecule has 1 fully saturated rings. The van der Waals surface area contributed by atoms with Crippen LogP contribution in [0, 0.1) is 5.92 Å². The molecule has 0 aromatic carbocycles. The minimum Gasteiger partial charge on any atom is -0.389 e. The van der Waals surface area contributed by atoms with Crippen molar-refractivity contribution in [2.75, 3.05) is 19.6 Å². The Kier molecular flexibility index (Phi) is 3.93. The molecule has 0 radical (unpaired) electrons. The molecule has 0 aromatic heterocycles. The van der Waals surface area contributed by atoms with E-state index in [-0.39, 0.29) is 0 Å². The first kappa shape index (κ1) is 12.0. The molecule has 0 bridgehead atoms. The smallest absolute Gasteiger partial charge is 0.0718 e. The van der Waals surface area contributed by atoms with Gasteiger partial charge in [0.2, 0.25) is 0 Å². The van der Waals surface area contributed by atoms with Crippen LogP contribution in [0.4, 0.5) is 0 Å². The van der Waals surface area contributed by atoms with Crippen molar-refractivity contribution in [3.63, 3.8) is 0 Å². The lowest BCUT2D eigenvalue weighted by atomic mass is 9.90. The summed E-state index contributed by atoms with van der Waals surface area (Å²) < 4.78 is 0. The molecule has 0 amide bonds. The first-order chi connectivity index (χ1) is 6.44. The van der Waals surface area contributed by atoms with Crippen LogP contribution in [0.5, 0.6) is 0 Å². The summed E-state index contributed by atoms with van der Waals surface area (Å²) in [5.74, 6) is 0.663. The summed E-state index contributed by atoms with van der Waals surface area (Å²) in [6.07, 6.45) is 2.50. The van der Waals surface area contributed by atoms with Gasteiger partial charge in [0.15, 0.2) is 0 Å². The monoisotopic (exact) mass is 200 g/mol. The van der Waals surface area contributed by atoms with Crippen molar-refractivity contribution in [1.29, 1.82) is 0 Å². The maximum Gasteiger partial charge on any atom is 0.0718 e. The molecule has 84 valence electrons. The molecule has 0 saturated carbocycles. The molecule has 3 nitrogen and oxygen atoms in total. The number of piperidine rings is 1. The lowest BCUT2D eigenvalue weighted by molar-refractivity contribution is -0.000957. The fourth-order valence-corrected chi connectivity index (χ4v) is 2.41. The van der Waals surface area contributed by atoms with Crippen LogP contribution in [-0.4, -0.2) is 41.3 Å². The highest BCUT2D eigenvalue weighted by Gasteiger charge is 2.30. The summed E-state index contributed by atoms with van der Waals surface area (Å²) in [6.45, 7) is 8.50. The van der Waals surface area contributed by atoms with Gasteiger partial charge in [-0.15, -0.1) is 0 Å². The Balaban J connectivity index is 2.56. The Morgan fingerprint density at radius 2 is 2.14 bits per heavy atom. The third-order valence-electron chi connectivity index (χ3n) is 3.06. The van der Waals surface area contributed by atoms with Gasteiger partial charge in [-0.2, -0.15) is 0 Å². The predicted octanol–water partition coefficient (Wildman–Crippen LogP) is 0.817. The van der Waals surface area contributed by atoms with Gasteiger partial charge in [0, 0.05) is 19.1 Å². The molecule has 1 heterocycles. The number of nitrogens with zero attached hydrogens (tertiary/aromatic N) is 1. The number of nitrogens with two attached hydrogens (primary N) is 1. The number of β-amino-alcohol motifs (C(OH)–C–C–N with tert-alkyl or cyclic N) is 1. The zero-order chi connectivity index (χ0) is 10.8. The third-order valence-corrected chi connectivity index (χ3v) is 3.06. The van der Waals surface area contributed by atoms with E-state index >= 15 is 0 Å². The van der Waals surface area contributed by atoms with Crippen LogP contribution in [0.15, 0.2) is 0 Å². The highest BCUT2D eigenvalue weighted by Crippen LogP contribution is 2.23. The molecule has 0 aromatic rings. The van der Waals surface area contributed by atoms with E-state index in [0.717, 1.165) is 13.1 Å². The van der Waals surface area contributed by atoms with E-state index in [4.69, 9.17) is 5.73 Å². The average molecular weight is 200 g/mol.